The van der Waals surface area contributed by atoms with Gasteiger partial charge in [-0.1, -0.05) is 24.3 Å². The normalized spacial score (nSPS) is 10.6. The Hall–Kier alpha value is -3.15. The Balaban J connectivity index is 1.36. The van der Waals surface area contributed by atoms with Crippen LogP contribution in [0.15, 0.2) is 59.3 Å². The number of nitrogens with zero attached hydrogens (tertiary/aromatic N) is 1. The van der Waals surface area contributed by atoms with Gasteiger partial charge in [0.2, 0.25) is 5.91 Å². The van der Waals surface area contributed by atoms with Gasteiger partial charge in [0.15, 0.2) is 5.76 Å². The van der Waals surface area contributed by atoms with E-state index in [1.165, 1.54) is 6.26 Å². The molecule has 3 aromatic rings. The molecule has 1 aromatic carbocycles. The molecule has 2 amide bonds. The predicted molar refractivity (Wildman–Crippen MR) is 98.7 cm³/mol. The van der Waals surface area contributed by atoms with Crippen LogP contribution in [0.4, 0.5) is 0 Å². The molecule has 0 aliphatic carbocycles. The number of aromatic nitrogens is 1. The number of hydrogen-bond donors (Lipinski definition) is 2. The van der Waals surface area contributed by atoms with E-state index in [9.17, 15) is 9.59 Å². The summed E-state index contributed by atoms with van der Waals surface area (Å²) in [6.07, 6.45) is 4.91. The number of nitrogens with one attached hydrogen (secondary N) is 2. The van der Waals surface area contributed by atoms with Crippen LogP contribution in [0.25, 0.3) is 10.9 Å². The van der Waals surface area contributed by atoms with Crippen LogP contribution in [0.5, 0.6) is 0 Å². The molecule has 0 unspecified atom stereocenters. The summed E-state index contributed by atoms with van der Waals surface area (Å²) in [7, 11) is 0. The highest BCUT2D eigenvalue weighted by molar-refractivity contribution is 5.91. The van der Waals surface area contributed by atoms with E-state index in [1.807, 2.05) is 30.3 Å². The van der Waals surface area contributed by atoms with Gasteiger partial charge in [0.05, 0.1) is 11.8 Å². The van der Waals surface area contributed by atoms with Gasteiger partial charge in [0.1, 0.15) is 0 Å². The molecule has 2 N–H and O–H groups in total. The van der Waals surface area contributed by atoms with Gasteiger partial charge < -0.3 is 15.1 Å². The summed E-state index contributed by atoms with van der Waals surface area (Å²) in [6.45, 7) is 0.994. The molecule has 2 aromatic heterocycles. The molecule has 0 atom stereocenters. The van der Waals surface area contributed by atoms with Crippen molar-refractivity contribution >= 4 is 22.7 Å². The Morgan fingerprint density at radius 3 is 2.73 bits per heavy atom. The predicted octanol–water partition coefficient (Wildman–Crippen LogP) is 2.70. The first-order valence-corrected chi connectivity index (χ1v) is 8.65. The van der Waals surface area contributed by atoms with Crippen molar-refractivity contribution < 1.29 is 14.0 Å². The number of carbonyl (C=O) groups is 2. The number of benzene rings is 1. The van der Waals surface area contributed by atoms with E-state index >= 15 is 0 Å². The zero-order valence-electron chi connectivity index (χ0n) is 14.4. The van der Waals surface area contributed by atoms with E-state index < -0.39 is 0 Å². The molecule has 6 heteroatoms. The van der Waals surface area contributed by atoms with E-state index in [4.69, 9.17) is 4.42 Å². The maximum Gasteiger partial charge on any atom is 0.286 e. The van der Waals surface area contributed by atoms with Crippen LogP contribution in [0.1, 0.15) is 29.0 Å². The van der Waals surface area contributed by atoms with E-state index in [1.54, 1.807) is 18.3 Å². The first kappa shape index (κ1) is 17.7. The van der Waals surface area contributed by atoms with Crippen LogP contribution in [0.3, 0.4) is 0 Å². The minimum absolute atomic E-state index is 0.0227. The maximum atomic E-state index is 11.9. The number of fused-ring (bicyclic) bond motifs is 1. The Labute approximate surface area is 151 Å². The van der Waals surface area contributed by atoms with Crippen molar-refractivity contribution in [3.05, 3.63) is 66.2 Å². The minimum Gasteiger partial charge on any atom is -0.459 e. The second-order valence-corrected chi connectivity index (χ2v) is 5.93. The molecule has 0 spiro atoms. The second kappa shape index (κ2) is 8.80. The zero-order valence-corrected chi connectivity index (χ0v) is 14.4. The summed E-state index contributed by atoms with van der Waals surface area (Å²) in [6, 6.07) is 13.3. The van der Waals surface area contributed by atoms with Crippen LogP contribution in [-0.2, 0) is 11.2 Å². The minimum atomic E-state index is -0.265. The molecular weight excluding hydrogens is 330 g/mol. The van der Waals surface area contributed by atoms with Crippen molar-refractivity contribution in [3.8, 4) is 0 Å². The molecule has 3 rings (SSSR count). The first-order valence-electron chi connectivity index (χ1n) is 8.65. The zero-order chi connectivity index (χ0) is 18.2. The molecule has 0 saturated carbocycles. The van der Waals surface area contributed by atoms with E-state index in [2.05, 4.69) is 15.6 Å². The van der Waals surface area contributed by atoms with Gasteiger partial charge in [-0.2, -0.15) is 0 Å². The Kier molecular flexibility index (Phi) is 5.98. The van der Waals surface area contributed by atoms with Gasteiger partial charge in [-0.15, -0.1) is 0 Å². The lowest BCUT2D eigenvalue weighted by Gasteiger charge is -2.08. The Morgan fingerprint density at radius 2 is 1.88 bits per heavy atom. The SMILES string of the molecule is O=C(CCCNC(=O)c1ccco1)NCCc1cccc2cccnc12. The average Bonchev–Trinajstić information content (AvgIpc) is 3.20. The quantitative estimate of drug-likeness (QED) is 0.611. The fourth-order valence-electron chi connectivity index (χ4n) is 2.74. The molecule has 2 heterocycles. The smallest absolute Gasteiger partial charge is 0.286 e. The molecule has 0 fully saturated rings. The first-order chi connectivity index (χ1) is 12.7. The van der Waals surface area contributed by atoms with Gasteiger partial charge in [0.25, 0.3) is 5.91 Å². The molecule has 26 heavy (non-hydrogen) atoms. The highest BCUT2D eigenvalue weighted by Gasteiger charge is 2.08. The molecule has 0 aliphatic heterocycles. The van der Waals surface area contributed by atoms with Crippen LogP contribution < -0.4 is 10.6 Å². The third-order valence-electron chi connectivity index (χ3n) is 4.04. The van der Waals surface area contributed by atoms with Gasteiger partial charge in [-0.05, 0) is 36.6 Å². The van der Waals surface area contributed by atoms with E-state index in [-0.39, 0.29) is 17.6 Å². The van der Waals surface area contributed by atoms with Gasteiger partial charge in [-0.3, -0.25) is 14.6 Å². The number of pyridine rings is 1. The number of carbonyl (C=O) groups excluding carboxylic acids is 2. The van der Waals surface area contributed by atoms with E-state index in [0.717, 1.165) is 22.9 Å². The number of rotatable bonds is 8. The standard InChI is InChI=1S/C20H21N3O3/c24-18(9-3-12-23-20(25)17-8-4-14-26-17)21-13-10-16-6-1-5-15-7-2-11-22-19(15)16/h1-2,4-8,11,14H,3,9-10,12-13H2,(H,21,24)(H,23,25). The Morgan fingerprint density at radius 1 is 1.00 bits per heavy atom. The topological polar surface area (TPSA) is 84.2 Å². The van der Waals surface area contributed by atoms with Gasteiger partial charge in [-0.25, -0.2) is 0 Å². The average molecular weight is 351 g/mol. The van der Waals surface area contributed by atoms with Gasteiger partial charge >= 0.3 is 0 Å². The largest absolute Gasteiger partial charge is 0.459 e. The summed E-state index contributed by atoms with van der Waals surface area (Å²) in [5.41, 5.74) is 2.10. The van der Waals surface area contributed by atoms with Crippen LogP contribution in [-0.4, -0.2) is 29.9 Å². The second-order valence-electron chi connectivity index (χ2n) is 5.93. The third-order valence-corrected chi connectivity index (χ3v) is 4.04. The summed E-state index contributed by atoms with van der Waals surface area (Å²) in [5, 5.41) is 6.74. The van der Waals surface area contributed by atoms with Crippen LogP contribution >= 0.6 is 0 Å². The number of para-hydroxylation sites is 1. The molecule has 0 aliphatic rings. The lowest BCUT2D eigenvalue weighted by Crippen LogP contribution is -2.28. The monoisotopic (exact) mass is 351 g/mol. The molecule has 0 radical (unpaired) electrons. The van der Waals surface area contributed by atoms with Crippen molar-refractivity contribution in [1.29, 1.82) is 0 Å². The lowest BCUT2D eigenvalue weighted by molar-refractivity contribution is -0.121. The Bertz CT molecular complexity index is 870. The number of furan rings is 1. The summed E-state index contributed by atoms with van der Waals surface area (Å²) < 4.78 is 5.00. The molecule has 134 valence electrons. The van der Waals surface area contributed by atoms with E-state index in [0.29, 0.717) is 25.9 Å². The van der Waals surface area contributed by atoms with Crippen LogP contribution in [0.2, 0.25) is 0 Å². The maximum absolute atomic E-state index is 11.9. The van der Waals surface area contributed by atoms with Crippen molar-refractivity contribution in [2.24, 2.45) is 0 Å². The summed E-state index contributed by atoms with van der Waals surface area (Å²) in [5.74, 6) is -0.0116. The summed E-state index contributed by atoms with van der Waals surface area (Å²) in [4.78, 5) is 28.0. The number of hydrogen-bond acceptors (Lipinski definition) is 4. The van der Waals surface area contributed by atoms with Crippen molar-refractivity contribution in [2.75, 3.05) is 13.1 Å². The van der Waals surface area contributed by atoms with Crippen molar-refractivity contribution in [1.82, 2.24) is 15.6 Å². The van der Waals surface area contributed by atoms with Crippen LogP contribution in [0, 0.1) is 0 Å². The third kappa shape index (κ3) is 4.69. The molecule has 0 saturated heterocycles. The number of amides is 2. The molecule has 6 nitrogen and oxygen atoms in total. The highest BCUT2D eigenvalue weighted by Crippen LogP contribution is 2.15. The fraction of sp³-hybridized carbons (Fsp3) is 0.250. The van der Waals surface area contributed by atoms with Crippen molar-refractivity contribution in [3.63, 3.8) is 0 Å². The van der Waals surface area contributed by atoms with Gasteiger partial charge in [0, 0.05) is 31.1 Å². The lowest BCUT2D eigenvalue weighted by atomic mass is 10.1. The highest BCUT2D eigenvalue weighted by atomic mass is 16.3. The summed E-state index contributed by atoms with van der Waals surface area (Å²) >= 11 is 0. The van der Waals surface area contributed by atoms with Crippen molar-refractivity contribution in [2.45, 2.75) is 19.3 Å². The fourth-order valence-corrected chi connectivity index (χ4v) is 2.74. The molecule has 0 bridgehead atoms. The molecular formula is C20H21N3O3.